The third-order valence-corrected chi connectivity index (χ3v) is 6.36. The number of nitrogens with zero attached hydrogens (tertiary/aromatic N) is 1. The molecule has 0 spiro atoms. The van der Waals surface area contributed by atoms with Crippen molar-refractivity contribution in [2.45, 2.75) is 13.5 Å². The zero-order chi connectivity index (χ0) is 22.5. The Morgan fingerprint density at radius 2 is 1.87 bits per heavy atom. The van der Waals surface area contributed by atoms with E-state index in [9.17, 15) is 14.4 Å². The molecule has 0 unspecified atom stereocenters. The number of amides is 2. The van der Waals surface area contributed by atoms with Crippen molar-refractivity contribution < 1.29 is 23.9 Å². The van der Waals surface area contributed by atoms with Gasteiger partial charge in [0.05, 0.1) is 28.1 Å². The summed E-state index contributed by atoms with van der Waals surface area (Å²) in [4.78, 5) is 38.1. The van der Waals surface area contributed by atoms with Crippen LogP contribution in [-0.4, -0.2) is 35.2 Å². The average molecular weight is 545 g/mol. The topological polar surface area (TPSA) is 72.9 Å². The van der Waals surface area contributed by atoms with Gasteiger partial charge in [0.2, 0.25) is 0 Å². The second-order valence-corrected chi connectivity index (χ2v) is 8.93. The fraction of sp³-hybridized carbons (Fsp3) is 0.190. The van der Waals surface area contributed by atoms with Crippen LogP contribution in [0, 0.1) is 0 Å². The van der Waals surface area contributed by atoms with Crippen LogP contribution in [0.2, 0.25) is 10.0 Å². The van der Waals surface area contributed by atoms with Gasteiger partial charge in [-0.05, 0) is 54.1 Å². The number of carbonyl (C=O) groups is 3. The molecule has 0 aliphatic carbocycles. The molecule has 3 rings (SSSR count). The Balaban J connectivity index is 1.77. The highest BCUT2D eigenvalue weighted by molar-refractivity contribution is 9.10. The summed E-state index contributed by atoms with van der Waals surface area (Å²) in [6.07, 6.45) is 1.54. The monoisotopic (exact) mass is 543 g/mol. The number of benzene rings is 2. The van der Waals surface area contributed by atoms with Crippen molar-refractivity contribution >= 4 is 74.1 Å². The molecule has 10 heteroatoms. The van der Waals surface area contributed by atoms with Crippen LogP contribution in [0.25, 0.3) is 6.08 Å². The minimum absolute atomic E-state index is 0.135. The molecule has 162 valence electrons. The average Bonchev–Trinajstić information content (AvgIpc) is 2.96. The van der Waals surface area contributed by atoms with Crippen molar-refractivity contribution in [1.29, 1.82) is 0 Å². The number of halogens is 3. The summed E-state index contributed by atoms with van der Waals surface area (Å²) in [6.45, 7) is 1.75. The molecule has 0 atom stereocenters. The molecule has 0 N–H and O–H groups in total. The summed E-state index contributed by atoms with van der Waals surface area (Å²) < 4.78 is 11.0. The number of ether oxygens (including phenoxy) is 2. The van der Waals surface area contributed by atoms with Gasteiger partial charge in [0, 0.05) is 4.47 Å². The maximum atomic E-state index is 12.8. The highest BCUT2D eigenvalue weighted by atomic mass is 79.9. The van der Waals surface area contributed by atoms with E-state index >= 15 is 0 Å². The lowest BCUT2D eigenvalue weighted by Gasteiger charge is -2.13. The molecule has 1 fully saturated rings. The van der Waals surface area contributed by atoms with Gasteiger partial charge in [-0.2, -0.15) is 0 Å². The number of rotatable bonds is 7. The van der Waals surface area contributed by atoms with Gasteiger partial charge in [0.1, 0.15) is 0 Å². The maximum Gasteiger partial charge on any atom is 0.344 e. The summed E-state index contributed by atoms with van der Waals surface area (Å²) in [5.74, 6) is -0.811. The maximum absolute atomic E-state index is 12.8. The summed E-state index contributed by atoms with van der Waals surface area (Å²) in [5, 5.41) is -0.0374. The number of carbonyl (C=O) groups excluding carboxylic acids is 3. The van der Waals surface area contributed by atoms with E-state index in [2.05, 4.69) is 15.9 Å². The van der Waals surface area contributed by atoms with Crippen molar-refractivity contribution in [3.8, 4) is 5.75 Å². The Morgan fingerprint density at radius 1 is 1.19 bits per heavy atom. The van der Waals surface area contributed by atoms with E-state index in [-0.39, 0.29) is 45.7 Å². The molecule has 0 saturated carbocycles. The number of hydrogen-bond acceptors (Lipinski definition) is 6. The van der Waals surface area contributed by atoms with Crippen molar-refractivity contribution in [3.05, 3.63) is 66.9 Å². The summed E-state index contributed by atoms with van der Waals surface area (Å²) in [5.41, 5.74) is 1.34. The molecule has 2 amide bonds. The van der Waals surface area contributed by atoms with Gasteiger partial charge in [0.25, 0.3) is 11.1 Å². The van der Waals surface area contributed by atoms with Gasteiger partial charge in [-0.25, -0.2) is 4.79 Å². The Bertz CT molecular complexity index is 1050. The third kappa shape index (κ3) is 5.83. The van der Waals surface area contributed by atoms with Crippen LogP contribution in [0.3, 0.4) is 0 Å². The SMILES string of the molecule is CCOC(=O)COc1c(Cl)cc(/C=C2\SC(=O)N(Cc3ccccc3Br)C2=O)cc1Cl. The molecule has 2 aromatic carbocycles. The molecule has 1 heterocycles. The van der Waals surface area contributed by atoms with Gasteiger partial charge < -0.3 is 9.47 Å². The van der Waals surface area contributed by atoms with Gasteiger partial charge >= 0.3 is 5.97 Å². The molecule has 1 aliphatic rings. The first-order valence-corrected chi connectivity index (χ1v) is 11.4. The smallest absolute Gasteiger partial charge is 0.344 e. The minimum Gasteiger partial charge on any atom is -0.479 e. The molecule has 0 aromatic heterocycles. The van der Waals surface area contributed by atoms with Crippen molar-refractivity contribution in [2.75, 3.05) is 13.2 Å². The molecule has 31 heavy (non-hydrogen) atoms. The van der Waals surface area contributed by atoms with Gasteiger partial charge in [-0.15, -0.1) is 0 Å². The Morgan fingerprint density at radius 3 is 2.52 bits per heavy atom. The fourth-order valence-corrected chi connectivity index (χ4v) is 4.58. The Kier molecular flexibility index (Phi) is 8.05. The molecule has 0 bridgehead atoms. The highest BCUT2D eigenvalue weighted by Gasteiger charge is 2.35. The first-order chi connectivity index (χ1) is 14.8. The van der Waals surface area contributed by atoms with E-state index in [0.717, 1.165) is 21.8 Å². The lowest BCUT2D eigenvalue weighted by Crippen LogP contribution is -2.27. The molecule has 1 aliphatic heterocycles. The zero-order valence-corrected chi connectivity index (χ0v) is 20.1. The quantitative estimate of drug-likeness (QED) is 0.317. The molecular weight excluding hydrogens is 529 g/mol. The molecule has 2 aromatic rings. The first kappa shape index (κ1) is 23.7. The largest absolute Gasteiger partial charge is 0.479 e. The molecular formula is C21H16BrCl2NO5S. The van der Waals surface area contributed by atoms with E-state index in [1.165, 1.54) is 23.1 Å². The summed E-state index contributed by atoms with van der Waals surface area (Å²) >= 11 is 16.7. The van der Waals surface area contributed by atoms with E-state index in [1.807, 2.05) is 24.3 Å². The van der Waals surface area contributed by atoms with Crippen LogP contribution in [0.1, 0.15) is 18.1 Å². The van der Waals surface area contributed by atoms with E-state index in [0.29, 0.717) is 5.56 Å². The van der Waals surface area contributed by atoms with Crippen LogP contribution in [0.5, 0.6) is 5.75 Å². The van der Waals surface area contributed by atoms with Crippen molar-refractivity contribution in [3.63, 3.8) is 0 Å². The highest BCUT2D eigenvalue weighted by Crippen LogP contribution is 2.38. The van der Waals surface area contributed by atoms with Crippen LogP contribution < -0.4 is 4.74 Å². The van der Waals surface area contributed by atoms with Gasteiger partial charge in [-0.3, -0.25) is 14.5 Å². The summed E-state index contributed by atoms with van der Waals surface area (Å²) in [6, 6.07) is 10.5. The third-order valence-electron chi connectivity index (χ3n) is 4.12. The Hall–Kier alpha value is -2.00. The molecule has 1 saturated heterocycles. The predicted molar refractivity (Wildman–Crippen MR) is 124 cm³/mol. The minimum atomic E-state index is -0.544. The van der Waals surface area contributed by atoms with Crippen molar-refractivity contribution in [2.24, 2.45) is 0 Å². The van der Waals surface area contributed by atoms with Crippen LogP contribution in [-0.2, 0) is 20.9 Å². The van der Waals surface area contributed by atoms with E-state index < -0.39 is 11.9 Å². The van der Waals surface area contributed by atoms with Crippen LogP contribution in [0.4, 0.5) is 4.79 Å². The standard InChI is InChI=1S/C21H16BrCl2NO5S/c1-2-29-18(26)11-30-19-15(23)7-12(8-16(19)24)9-17-20(27)25(21(28)31-17)10-13-5-3-4-6-14(13)22/h3-9H,2,10-11H2,1H3/b17-9-. The summed E-state index contributed by atoms with van der Waals surface area (Å²) in [7, 11) is 0. The van der Waals surface area contributed by atoms with E-state index in [1.54, 1.807) is 6.92 Å². The fourth-order valence-electron chi connectivity index (χ4n) is 2.72. The zero-order valence-electron chi connectivity index (χ0n) is 16.2. The molecule has 0 radical (unpaired) electrons. The predicted octanol–water partition coefficient (Wildman–Crippen LogP) is 5.93. The Labute approximate surface area is 201 Å². The van der Waals surface area contributed by atoms with Crippen LogP contribution >= 0.6 is 50.9 Å². The van der Waals surface area contributed by atoms with Gasteiger partial charge in [-0.1, -0.05) is 57.3 Å². The number of esters is 1. The number of hydrogen-bond donors (Lipinski definition) is 0. The number of imide groups is 1. The number of thioether (sulfide) groups is 1. The first-order valence-electron chi connectivity index (χ1n) is 9.06. The second kappa shape index (κ2) is 10.5. The second-order valence-electron chi connectivity index (χ2n) is 6.27. The van der Waals surface area contributed by atoms with E-state index in [4.69, 9.17) is 32.7 Å². The normalized spacial score (nSPS) is 15.0. The molecule has 6 nitrogen and oxygen atoms in total. The lowest BCUT2D eigenvalue weighted by atomic mass is 10.2. The van der Waals surface area contributed by atoms with Gasteiger partial charge in [0.15, 0.2) is 12.4 Å². The van der Waals surface area contributed by atoms with Crippen LogP contribution in [0.15, 0.2) is 45.8 Å². The lowest BCUT2D eigenvalue weighted by molar-refractivity contribution is -0.145. The van der Waals surface area contributed by atoms with Crippen molar-refractivity contribution in [1.82, 2.24) is 4.90 Å².